The van der Waals surface area contributed by atoms with Gasteiger partial charge in [-0.25, -0.2) is 4.39 Å². The Bertz CT molecular complexity index is 391. The van der Waals surface area contributed by atoms with Gasteiger partial charge in [0.1, 0.15) is 11.6 Å². The van der Waals surface area contributed by atoms with E-state index in [0.29, 0.717) is 18.2 Å². The molecule has 1 aromatic carbocycles. The third-order valence-corrected chi connectivity index (χ3v) is 3.53. The summed E-state index contributed by atoms with van der Waals surface area (Å²) in [6.45, 7) is 3.45. The zero-order chi connectivity index (χ0) is 12.4. The third-order valence-electron chi connectivity index (χ3n) is 3.53. The van der Waals surface area contributed by atoms with E-state index in [4.69, 9.17) is 4.74 Å². The van der Waals surface area contributed by atoms with Crippen molar-refractivity contribution in [1.82, 2.24) is 4.90 Å². The summed E-state index contributed by atoms with van der Waals surface area (Å²) in [7, 11) is 1.98. The lowest BCUT2D eigenvalue weighted by Gasteiger charge is -2.30. The maximum Gasteiger partial charge on any atom is 0.131 e. The Morgan fingerprint density at radius 1 is 1.53 bits per heavy atom. The summed E-state index contributed by atoms with van der Waals surface area (Å²) in [4.78, 5) is 2.13. The van der Waals surface area contributed by atoms with Gasteiger partial charge in [-0.05, 0) is 26.5 Å². The summed E-state index contributed by atoms with van der Waals surface area (Å²) in [6.07, 6.45) is 0.987. The van der Waals surface area contributed by atoms with E-state index in [1.54, 1.807) is 6.07 Å². The summed E-state index contributed by atoms with van der Waals surface area (Å²) >= 11 is 0. The molecular formula is C13H18FNO2. The second kappa shape index (κ2) is 5.02. The van der Waals surface area contributed by atoms with Crippen molar-refractivity contribution in [2.75, 3.05) is 20.3 Å². The molecule has 0 amide bonds. The van der Waals surface area contributed by atoms with Crippen molar-refractivity contribution < 1.29 is 14.2 Å². The SMILES string of the molecule is CC(c1ccc(O)cc1F)N(C)C1CCOC1. The molecule has 0 radical (unpaired) electrons. The van der Waals surface area contributed by atoms with Crippen LogP contribution >= 0.6 is 0 Å². The third kappa shape index (κ3) is 2.58. The van der Waals surface area contributed by atoms with Crippen LogP contribution in [-0.2, 0) is 4.74 Å². The van der Waals surface area contributed by atoms with Gasteiger partial charge in [0.15, 0.2) is 0 Å². The van der Waals surface area contributed by atoms with Gasteiger partial charge in [0.2, 0.25) is 0 Å². The first-order valence-electron chi connectivity index (χ1n) is 5.87. The summed E-state index contributed by atoms with van der Waals surface area (Å²) in [5.74, 6) is -0.395. The van der Waals surface area contributed by atoms with Gasteiger partial charge < -0.3 is 9.84 Å². The van der Waals surface area contributed by atoms with Crippen molar-refractivity contribution in [3.63, 3.8) is 0 Å². The number of benzene rings is 1. The molecule has 0 saturated carbocycles. The van der Waals surface area contributed by atoms with Gasteiger partial charge in [-0.3, -0.25) is 4.90 Å². The monoisotopic (exact) mass is 239 g/mol. The number of aromatic hydroxyl groups is 1. The zero-order valence-electron chi connectivity index (χ0n) is 10.2. The first kappa shape index (κ1) is 12.3. The van der Waals surface area contributed by atoms with Crippen LogP contribution in [-0.4, -0.2) is 36.3 Å². The van der Waals surface area contributed by atoms with Crippen LogP contribution in [0.3, 0.4) is 0 Å². The second-order valence-electron chi connectivity index (χ2n) is 4.56. The van der Waals surface area contributed by atoms with Crippen LogP contribution in [0.25, 0.3) is 0 Å². The van der Waals surface area contributed by atoms with Crippen molar-refractivity contribution in [3.05, 3.63) is 29.6 Å². The molecular weight excluding hydrogens is 221 g/mol. The van der Waals surface area contributed by atoms with Gasteiger partial charge in [-0.15, -0.1) is 0 Å². The van der Waals surface area contributed by atoms with Gasteiger partial charge >= 0.3 is 0 Å². The van der Waals surface area contributed by atoms with Crippen molar-refractivity contribution in [2.45, 2.75) is 25.4 Å². The lowest BCUT2D eigenvalue weighted by molar-refractivity contribution is 0.136. The molecule has 0 spiro atoms. The highest BCUT2D eigenvalue weighted by molar-refractivity contribution is 5.29. The highest BCUT2D eigenvalue weighted by atomic mass is 19.1. The predicted molar refractivity (Wildman–Crippen MR) is 63.5 cm³/mol. The molecule has 3 nitrogen and oxygen atoms in total. The first-order valence-corrected chi connectivity index (χ1v) is 5.87. The van der Waals surface area contributed by atoms with Crippen molar-refractivity contribution in [2.24, 2.45) is 0 Å². The molecule has 2 rings (SSSR count). The highest BCUT2D eigenvalue weighted by Crippen LogP contribution is 2.27. The minimum absolute atomic E-state index is 0.0256. The molecule has 1 saturated heterocycles. The smallest absolute Gasteiger partial charge is 0.131 e. The normalized spacial score (nSPS) is 22.0. The van der Waals surface area contributed by atoms with Crippen LogP contribution in [0.1, 0.15) is 24.9 Å². The van der Waals surface area contributed by atoms with E-state index in [0.717, 1.165) is 19.1 Å². The average Bonchev–Trinajstić information content (AvgIpc) is 2.80. The van der Waals surface area contributed by atoms with Crippen LogP contribution in [0.15, 0.2) is 18.2 Å². The standard InChI is InChI=1S/C13H18FNO2/c1-9(15(2)10-5-6-17-8-10)12-4-3-11(16)7-13(12)14/h3-4,7,9-10,16H,5-6,8H2,1-2H3. The van der Waals surface area contributed by atoms with Crippen molar-refractivity contribution in [1.29, 1.82) is 0 Å². The number of phenols is 1. The van der Waals surface area contributed by atoms with Crippen LogP contribution < -0.4 is 0 Å². The van der Waals surface area contributed by atoms with Crippen LogP contribution in [0.5, 0.6) is 5.75 Å². The maximum atomic E-state index is 13.7. The quantitative estimate of drug-likeness (QED) is 0.878. The molecule has 0 bridgehead atoms. The molecule has 4 heteroatoms. The molecule has 1 N–H and O–H groups in total. The Balaban J connectivity index is 2.15. The van der Waals surface area contributed by atoms with Gasteiger partial charge in [0, 0.05) is 30.3 Å². The lowest BCUT2D eigenvalue weighted by Crippen LogP contribution is -2.34. The topological polar surface area (TPSA) is 32.7 Å². The molecule has 0 aromatic heterocycles. The van der Waals surface area contributed by atoms with Gasteiger partial charge in [-0.1, -0.05) is 6.07 Å². The number of halogens is 1. The predicted octanol–water partition coefficient (Wildman–Crippen LogP) is 2.31. The molecule has 2 unspecified atom stereocenters. The van der Waals surface area contributed by atoms with E-state index in [9.17, 15) is 9.50 Å². The van der Waals surface area contributed by atoms with E-state index in [2.05, 4.69) is 4.90 Å². The molecule has 1 aliphatic rings. The van der Waals surface area contributed by atoms with Crippen molar-refractivity contribution >= 4 is 0 Å². The number of likely N-dealkylation sites (N-methyl/N-ethyl adjacent to an activating group) is 1. The molecule has 1 aliphatic heterocycles. The van der Waals surface area contributed by atoms with E-state index in [-0.39, 0.29) is 17.6 Å². The molecule has 0 aliphatic carbocycles. The Labute approximate surface area is 101 Å². The van der Waals surface area contributed by atoms with E-state index in [1.165, 1.54) is 6.07 Å². The fraction of sp³-hybridized carbons (Fsp3) is 0.538. The van der Waals surface area contributed by atoms with Gasteiger partial charge in [0.05, 0.1) is 6.61 Å². The van der Waals surface area contributed by atoms with Crippen molar-refractivity contribution in [3.8, 4) is 5.75 Å². The largest absolute Gasteiger partial charge is 0.508 e. The molecule has 1 fully saturated rings. The molecule has 17 heavy (non-hydrogen) atoms. The Hall–Kier alpha value is -1.13. The van der Waals surface area contributed by atoms with E-state index >= 15 is 0 Å². The summed E-state index contributed by atoms with van der Waals surface area (Å²) < 4.78 is 19.1. The fourth-order valence-corrected chi connectivity index (χ4v) is 2.23. The molecule has 1 aromatic rings. The fourth-order valence-electron chi connectivity index (χ4n) is 2.23. The summed E-state index contributed by atoms with van der Waals surface area (Å²) in [5.41, 5.74) is 0.609. The van der Waals surface area contributed by atoms with Crippen LogP contribution in [0, 0.1) is 5.82 Å². The minimum Gasteiger partial charge on any atom is -0.508 e. The highest BCUT2D eigenvalue weighted by Gasteiger charge is 2.26. The molecule has 2 atom stereocenters. The molecule has 1 heterocycles. The maximum absolute atomic E-state index is 13.7. The summed E-state index contributed by atoms with van der Waals surface area (Å²) in [6, 6.07) is 4.64. The molecule has 94 valence electrons. The van der Waals surface area contributed by atoms with Gasteiger partial charge in [0.25, 0.3) is 0 Å². The number of rotatable bonds is 3. The average molecular weight is 239 g/mol. The number of nitrogens with zero attached hydrogens (tertiary/aromatic N) is 1. The summed E-state index contributed by atoms with van der Waals surface area (Å²) in [5, 5.41) is 9.20. The first-order chi connectivity index (χ1) is 8.09. The number of hydrogen-bond acceptors (Lipinski definition) is 3. The number of phenolic OH excluding ortho intramolecular Hbond substituents is 1. The number of hydrogen-bond donors (Lipinski definition) is 1. The van der Waals surface area contributed by atoms with Crippen LogP contribution in [0.2, 0.25) is 0 Å². The lowest BCUT2D eigenvalue weighted by atomic mass is 10.0. The van der Waals surface area contributed by atoms with E-state index < -0.39 is 0 Å². The Morgan fingerprint density at radius 3 is 2.88 bits per heavy atom. The van der Waals surface area contributed by atoms with Crippen LogP contribution in [0.4, 0.5) is 4.39 Å². The zero-order valence-corrected chi connectivity index (χ0v) is 10.2. The van der Waals surface area contributed by atoms with E-state index in [1.807, 2.05) is 14.0 Å². The Morgan fingerprint density at radius 2 is 2.29 bits per heavy atom. The minimum atomic E-state index is -0.358. The number of ether oxygens (including phenoxy) is 1. The van der Waals surface area contributed by atoms with Gasteiger partial charge in [-0.2, -0.15) is 0 Å². The second-order valence-corrected chi connectivity index (χ2v) is 4.56. The Kier molecular flexibility index (Phi) is 3.64.